The lowest BCUT2D eigenvalue weighted by Crippen LogP contribution is -2.05. The molecule has 3 nitrogen and oxygen atoms in total. The number of aromatic hydroxyl groups is 1. The van der Waals surface area contributed by atoms with Gasteiger partial charge in [-0.2, -0.15) is 0 Å². The summed E-state index contributed by atoms with van der Waals surface area (Å²) in [4.78, 5) is 0. The first kappa shape index (κ1) is 20.9. The molecule has 3 aromatic rings. The molecule has 0 fully saturated rings. The van der Waals surface area contributed by atoms with Crippen molar-refractivity contribution in [2.75, 3.05) is 0 Å². The Labute approximate surface area is 174 Å². The Bertz CT molecular complexity index is 921. The first-order valence-electron chi connectivity index (χ1n) is 10.4. The van der Waals surface area contributed by atoms with E-state index in [4.69, 9.17) is 10.5 Å². The summed E-state index contributed by atoms with van der Waals surface area (Å²) in [5, 5.41) is 9.78. The van der Waals surface area contributed by atoms with Crippen molar-refractivity contribution in [2.45, 2.75) is 52.2 Å². The molecule has 0 aromatic heterocycles. The fourth-order valence-corrected chi connectivity index (χ4v) is 3.70. The molecule has 0 aliphatic carbocycles. The van der Waals surface area contributed by atoms with Crippen LogP contribution in [-0.4, -0.2) is 5.11 Å². The topological polar surface area (TPSA) is 55.5 Å². The largest absolute Gasteiger partial charge is 0.508 e. The molecule has 152 valence electrons. The molecule has 3 rings (SSSR count). The minimum Gasteiger partial charge on any atom is -0.508 e. The number of benzene rings is 3. The summed E-state index contributed by atoms with van der Waals surface area (Å²) in [6.07, 6.45) is 3.13. The zero-order chi connectivity index (χ0) is 20.6. The van der Waals surface area contributed by atoms with E-state index in [1.807, 2.05) is 37.3 Å². The van der Waals surface area contributed by atoms with Gasteiger partial charge in [-0.3, -0.25) is 0 Å². The Kier molecular flexibility index (Phi) is 7.31. The molecule has 0 saturated heterocycles. The van der Waals surface area contributed by atoms with Crippen LogP contribution in [0.15, 0.2) is 66.7 Å². The Balaban J connectivity index is 1.65. The van der Waals surface area contributed by atoms with E-state index in [0.29, 0.717) is 24.8 Å². The summed E-state index contributed by atoms with van der Waals surface area (Å²) in [7, 11) is 0. The third-order valence-corrected chi connectivity index (χ3v) is 5.55. The van der Waals surface area contributed by atoms with Crippen molar-refractivity contribution in [1.82, 2.24) is 0 Å². The van der Waals surface area contributed by atoms with Gasteiger partial charge in [0.25, 0.3) is 0 Å². The summed E-state index contributed by atoms with van der Waals surface area (Å²) in [5.74, 6) is 1.70. The minimum absolute atomic E-state index is 0.363. The van der Waals surface area contributed by atoms with E-state index < -0.39 is 0 Å². The zero-order valence-corrected chi connectivity index (χ0v) is 17.4. The Morgan fingerprint density at radius 1 is 0.966 bits per heavy atom. The lowest BCUT2D eigenvalue weighted by atomic mass is 9.89. The lowest BCUT2D eigenvalue weighted by Gasteiger charge is -2.17. The molecule has 3 aromatic carbocycles. The third kappa shape index (κ3) is 5.61. The zero-order valence-electron chi connectivity index (χ0n) is 17.4. The van der Waals surface area contributed by atoms with Gasteiger partial charge < -0.3 is 15.6 Å². The normalized spacial score (nSPS) is 12.0. The van der Waals surface area contributed by atoms with E-state index in [2.05, 4.69) is 37.3 Å². The number of rotatable bonds is 9. The van der Waals surface area contributed by atoms with E-state index in [1.165, 1.54) is 11.1 Å². The standard InChI is InChI=1S/C26H31NO2/c1-3-22(23-12-13-25(28)19(2)15-23)11-9-20-10-14-26(24(16-20)17-27)29-18-21-7-5-4-6-8-21/h4-8,10,12-16,22,28H,3,9,11,17-18,27H2,1-2H3. The van der Waals surface area contributed by atoms with Gasteiger partial charge in [-0.1, -0.05) is 61.5 Å². The van der Waals surface area contributed by atoms with Crippen LogP contribution in [0.25, 0.3) is 0 Å². The molecule has 1 unspecified atom stereocenters. The van der Waals surface area contributed by atoms with Gasteiger partial charge in [-0.25, -0.2) is 0 Å². The van der Waals surface area contributed by atoms with Crippen LogP contribution in [0.2, 0.25) is 0 Å². The van der Waals surface area contributed by atoms with Crippen molar-refractivity contribution < 1.29 is 9.84 Å². The average Bonchev–Trinajstić information content (AvgIpc) is 2.76. The van der Waals surface area contributed by atoms with Crippen molar-refractivity contribution >= 4 is 0 Å². The Morgan fingerprint density at radius 3 is 2.45 bits per heavy atom. The summed E-state index contributed by atoms with van der Waals surface area (Å²) in [6, 6.07) is 22.5. The Hall–Kier alpha value is -2.78. The number of ether oxygens (including phenoxy) is 1. The molecular formula is C26H31NO2. The van der Waals surface area contributed by atoms with Gasteiger partial charge in [0.05, 0.1) is 0 Å². The number of aryl methyl sites for hydroxylation is 2. The van der Waals surface area contributed by atoms with Gasteiger partial charge in [0, 0.05) is 12.1 Å². The second-order valence-electron chi connectivity index (χ2n) is 7.61. The quantitative estimate of drug-likeness (QED) is 0.481. The van der Waals surface area contributed by atoms with Crippen LogP contribution in [0.4, 0.5) is 0 Å². The van der Waals surface area contributed by atoms with Gasteiger partial charge >= 0.3 is 0 Å². The van der Waals surface area contributed by atoms with Crippen LogP contribution >= 0.6 is 0 Å². The lowest BCUT2D eigenvalue weighted by molar-refractivity contribution is 0.303. The van der Waals surface area contributed by atoms with Crippen LogP contribution < -0.4 is 10.5 Å². The van der Waals surface area contributed by atoms with Crippen molar-refractivity contribution in [3.05, 3.63) is 94.5 Å². The molecule has 1 atom stereocenters. The second kappa shape index (κ2) is 10.1. The van der Waals surface area contributed by atoms with Crippen LogP contribution in [0, 0.1) is 6.92 Å². The van der Waals surface area contributed by atoms with Gasteiger partial charge in [-0.15, -0.1) is 0 Å². The maximum absolute atomic E-state index is 9.78. The predicted molar refractivity (Wildman–Crippen MR) is 119 cm³/mol. The summed E-state index contributed by atoms with van der Waals surface area (Å²) in [6.45, 7) is 5.18. The molecule has 0 aliphatic heterocycles. The van der Waals surface area contributed by atoms with E-state index in [1.54, 1.807) is 6.07 Å². The third-order valence-electron chi connectivity index (χ3n) is 5.55. The van der Waals surface area contributed by atoms with E-state index >= 15 is 0 Å². The predicted octanol–water partition coefficient (Wildman–Crippen LogP) is 5.86. The highest BCUT2D eigenvalue weighted by molar-refractivity contribution is 5.39. The number of phenolic OH excluding ortho intramolecular Hbond substituents is 1. The molecular weight excluding hydrogens is 358 g/mol. The van der Waals surface area contributed by atoms with E-state index in [0.717, 1.165) is 41.7 Å². The van der Waals surface area contributed by atoms with Crippen molar-refractivity contribution in [2.24, 2.45) is 5.73 Å². The van der Waals surface area contributed by atoms with Crippen LogP contribution in [0.3, 0.4) is 0 Å². The van der Waals surface area contributed by atoms with Crippen molar-refractivity contribution in [3.63, 3.8) is 0 Å². The van der Waals surface area contributed by atoms with Gasteiger partial charge in [0.2, 0.25) is 0 Å². The molecule has 0 heterocycles. The van der Waals surface area contributed by atoms with Crippen molar-refractivity contribution in [3.8, 4) is 11.5 Å². The number of hydrogen-bond donors (Lipinski definition) is 2. The molecule has 0 radical (unpaired) electrons. The van der Waals surface area contributed by atoms with Gasteiger partial charge in [0.15, 0.2) is 0 Å². The average molecular weight is 390 g/mol. The first-order chi connectivity index (χ1) is 14.1. The highest BCUT2D eigenvalue weighted by atomic mass is 16.5. The molecule has 3 heteroatoms. The number of hydrogen-bond acceptors (Lipinski definition) is 3. The van der Waals surface area contributed by atoms with Gasteiger partial charge in [0.1, 0.15) is 18.1 Å². The highest BCUT2D eigenvalue weighted by Crippen LogP contribution is 2.29. The highest BCUT2D eigenvalue weighted by Gasteiger charge is 2.12. The molecule has 0 saturated carbocycles. The van der Waals surface area contributed by atoms with Crippen LogP contribution in [0.1, 0.15) is 53.5 Å². The summed E-state index contributed by atoms with van der Waals surface area (Å²) in [5.41, 5.74) is 11.7. The molecule has 0 amide bonds. The van der Waals surface area contributed by atoms with E-state index in [9.17, 15) is 5.11 Å². The SMILES string of the molecule is CCC(CCc1ccc(OCc2ccccc2)c(CN)c1)c1ccc(O)c(C)c1. The summed E-state index contributed by atoms with van der Waals surface area (Å²) < 4.78 is 6.01. The maximum Gasteiger partial charge on any atom is 0.124 e. The maximum atomic E-state index is 9.78. The molecule has 0 aliphatic rings. The minimum atomic E-state index is 0.363. The summed E-state index contributed by atoms with van der Waals surface area (Å²) >= 11 is 0. The van der Waals surface area contributed by atoms with Crippen molar-refractivity contribution in [1.29, 1.82) is 0 Å². The molecule has 0 bridgehead atoms. The van der Waals surface area contributed by atoms with E-state index in [-0.39, 0.29) is 0 Å². The molecule has 29 heavy (non-hydrogen) atoms. The Morgan fingerprint density at radius 2 is 1.76 bits per heavy atom. The fraction of sp³-hybridized carbons (Fsp3) is 0.308. The number of nitrogens with two attached hydrogens (primary N) is 1. The molecule has 3 N–H and O–H groups in total. The van der Waals surface area contributed by atoms with Crippen LogP contribution in [0.5, 0.6) is 11.5 Å². The molecule has 0 spiro atoms. The van der Waals surface area contributed by atoms with Crippen LogP contribution in [-0.2, 0) is 19.6 Å². The number of phenols is 1. The monoisotopic (exact) mass is 389 g/mol. The van der Waals surface area contributed by atoms with Gasteiger partial charge in [-0.05, 0) is 66.5 Å². The first-order valence-corrected chi connectivity index (χ1v) is 10.4. The smallest absolute Gasteiger partial charge is 0.124 e. The second-order valence-corrected chi connectivity index (χ2v) is 7.61. The fourth-order valence-electron chi connectivity index (χ4n) is 3.70.